The fourth-order valence-corrected chi connectivity index (χ4v) is 2.28. The summed E-state index contributed by atoms with van der Waals surface area (Å²) in [6.07, 6.45) is 0.0596. The molecule has 0 amide bonds. The quantitative estimate of drug-likeness (QED) is 0.721. The first-order valence-corrected chi connectivity index (χ1v) is 7.21. The van der Waals surface area contributed by atoms with Gasteiger partial charge in [-0.15, -0.1) is 0 Å². The minimum absolute atomic E-state index is 0.0366. The number of aryl methyl sites for hydroxylation is 1. The van der Waals surface area contributed by atoms with Gasteiger partial charge >= 0.3 is 0 Å². The van der Waals surface area contributed by atoms with Gasteiger partial charge in [0, 0.05) is 12.1 Å². The van der Waals surface area contributed by atoms with Gasteiger partial charge in [-0.3, -0.25) is 0 Å². The van der Waals surface area contributed by atoms with Crippen LogP contribution >= 0.6 is 0 Å². The Labute approximate surface area is 120 Å². The van der Waals surface area contributed by atoms with E-state index in [1.807, 2.05) is 20.8 Å². The van der Waals surface area contributed by atoms with Crippen molar-refractivity contribution < 1.29 is 14.6 Å². The van der Waals surface area contributed by atoms with Crippen LogP contribution in [0.15, 0.2) is 18.2 Å². The summed E-state index contributed by atoms with van der Waals surface area (Å²) in [5.41, 5.74) is 1.22. The van der Waals surface area contributed by atoms with E-state index < -0.39 is 6.10 Å². The van der Waals surface area contributed by atoms with E-state index in [2.05, 4.69) is 5.32 Å². The number of benzene rings is 1. The standard InChI is InChI=1S/C16H26FNO2/c1-5-13(9-19)18-15(10(2)3)16(20)12-6-7-14(17)11(4)8-12/h6-8,10,13,15-16,18-20H,5,9H2,1-4H3. The molecule has 0 radical (unpaired) electrons. The first kappa shape index (κ1) is 17.1. The monoisotopic (exact) mass is 283 g/mol. The summed E-state index contributed by atoms with van der Waals surface area (Å²) in [7, 11) is 0. The van der Waals surface area contributed by atoms with Gasteiger partial charge in [0.1, 0.15) is 5.82 Å². The number of halogens is 1. The van der Waals surface area contributed by atoms with Crippen LogP contribution in [-0.4, -0.2) is 28.9 Å². The number of aliphatic hydroxyl groups is 2. The molecule has 0 saturated heterocycles. The zero-order chi connectivity index (χ0) is 15.3. The smallest absolute Gasteiger partial charge is 0.126 e. The Bertz CT molecular complexity index is 419. The van der Waals surface area contributed by atoms with Crippen molar-refractivity contribution in [3.63, 3.8) is 0 Å². The molecule has 3 N–H and O–H groups in total. The molecule has 0 aliphatic rings. The number of rotatable bonds is 7. The van der Waals surface area contributed by atoms with Crippen molar-refractivity contribution in [3.05, 3.63) is 35.1 Å². The molecule has 3 atom stereocenters. The average Bonchev–Trinajstić information content (AvgIpc) is 2.42. The Hall–Kier alpha value is -0.970. The maximum Gasteiger partial charge on any atom is 0.126 e. The third kappa shape index (κ3) is 4.27. The molecule has 114 valence electrons. The van der Waals surface area contributed by atoms with Crippen molar-refractivity contribution in [1.82, 2.24) is 5.32 Å². The first-order chi connectivity index (χ1) is 9.40. The van der Waals surface area contributed by atoms with Crippen LogP contribution in [0, 0.1) is 18.7 Å². The van der Waals surface area contributed by atoms with Gasteiger partial charge in [-0.1, -0.05) is 32.9 Å². The zero-order valence-corrected chi connectivity index (χ0v) is 12.7. The lowest BCUT2D eigenvalue weighted by atomic mass is 9.91. The molecule has 3 nitrogen and oxygen atoms in total. The molecule has 0 spiro atoms. The predicted octanol–water partition coefficient (Wildman–Crippen LogP) is 2.55. The highest BCUT2D eigenvalue weighted by atomic mass is 19.1. The van der Waals surface area contributed by atoms with Gasteiger partial charge in [-0.2, -0.15) is 0 Å². The second-order valence-electron chi connectivity index (χ2n) is 5.68. The van der Waals surface area contributed by atoms with Crippen LogP contribution in [-0.2, 0) is 0 Å². The van der Waals surface area contributed by atoms with Crippen LogP contribution < -0.4 is 5.32 Å². The molecule has 20 heavy (non-hydrogen) atoms. The maximum atomic E-state index is 13.3. The van der Waals surface area contributed by atoms with Gasteiger partial charge in [0.25, 0.3) is 0 Å². The van der Waals surface area contributed by atoms with Crippen LogP contribution in [0.5, 0.6) is 0 Å². The lowest BCUT2D eigenvalue weighted by Crippen LogP contribution is -2.46. The molecule has 0 bridgehead atoms. The van der Waals surface area contributed by atoms with E-state index in [0.29, 0.717) is 11.1 Å². The summed E-state index contributed by atoms with van der Waals surface area (Å²) in [5.74, 6) is -0.0761. The Morgan fingerprint density at radius 1 is 1.30 bits per heavy atom. The Kier molecular flexibility index (Phi) is 6.59. The molecular formula is C16H26FNO2. The van der Waals surface area contributed by atoms with Crippen molar-refractivity contribution in [2.24, 2.45) is 5.92 Å². The van der Waals surface area contributed by atoms with E-state index in [1.165, 1.54) is 6.07 Å². The highest BCUT2D eigenvalue weighted by molar-refractivity contribution is 5.26. The van der Waals surface area contributed by atoms with E-state index in [0.717, 1.165) is 6.42 Å². The number of aliphatic hydroxyl groups excluding tert-OH is 2. The third-order valence-electron chi connectivity index (χ3n) is 3.72. The summed E-state index contributed by atoms with van der Waals surface area (Å²) < 4.78 is 13.3. The molecule has 0 aliphatic heterocycles. The lowest BCUT2D eigenvalue weighted by molar-refractivity contribution is 0.0885. The van der Waals surface area contributed by atoms with Gasteiger partial charge < -0.3 is 15.5 Å². The Morgan fingerprint density at radius 2 is 1.95 bits per heavy atom. The summed E-state index contributed by atoms with van der Waals surface area (Å²) in [6.45, 7) is 7.74. The summed E-state index contributed by atoms with van der Waals surface area (Å²) in [5, 5.41) is 23.1. The van der Waals surface area contributed by atoms with E-state index in [4.69, 9.17) is 0 Å². The van der Waals surface area contributed by atoms with Crippen molar-refractivity contribution in [2.45, 2.75) is 52.3 Å². The van der Waals surface area contributed by atoms with Crippen molar-refractivity contribution >= 4 is 0 Å². The normalized spacial score (nSPS) is 16.2. The van der Waals surface area contributed by atoms with E-state index in [-0.39, 0.29) is 30.4 Å². The van der Waals surface area contributed by atoms with Gasteiger partial charge in [-0.25, -0.2) is 4.39 Å². The second kappa shape index (κ2) is 7.72. The van der Waals surface area contributed by atoms with Crippen LogP contribution in [0.3, 0.4) is 0 Å². The second-order valence-corrected chi connectivity index (χ2v) is 5.68. The van der Waals surface area contributed by atoms with Crippen molar-refractivity contribution in [1.29, 1.82) is 0 Å². The molecule has 1 rings (SSSR count). The molecular weight excluding hydrogens is 257 g/mol. The van der Waals surface area contributed by atoms with Gasteiger partial charge in [0.05, 0.1) is 12.7 Å². The number of nitrogens with one attached hydrogen (secondary N) is 1. The van der Waals surface area contributed by atoms with Gasteiger partial charge in [0.2, 0.25) is 0 Å². The van der Waals surface area contributed by atoms with Gasteiger partial charge in [-0.05, 0) is 36.5 Å². The molecule has 1 aromatic carbocycles. The van der Waals surface area contributed by atoms with Crippen LogP contribution in [0.4, 0.5) is 4.39 Å². The first-order valence-electron chi connectivity index (χ1n) is 7.21. The molecule has 1 aromatic rings. The zero-order valence-electron chi connectivity index (χ0n) is 12.7. The molecule has 0 saturated carbocycles. The summed E-state index contributed by atoms with van der Waals surface area (Å²) >= 11 is 0. The highest BCUT2D eigenvalue weighted by Gasteiger charge is 2.26. The maximum absolute atomic E-state index is 13.3. The number of hydrogen-bond donors (Lipinski definition) is 3. The van der Waals surface area contributed by atoms with Crippen LogP contribution in [0.25, 0.3) is 0 Å². The molecule has 4 heteroatoms. The molecule has 0 fully saturated rings. The van der Waals surface area contributed by atoms with Gasteiger partial charge in [0.15, 0.2) is 0 Å². The van der Waals surface area contributed by atoms with Crippen molar-refractivity contribution in [3.8, 4) is 0 Å². The van der Waals surface area contributed by atoms with Crippen LogP contribution in [0.2, 0.25) is 0 Å². The summed E-state index contributed by atoms with van der Waals surface area (Å²) in [4.78, 5) is 0. The van der Waals surface area contributed by atoms with Crippen LogP contribution in [0.1, 0.15) is 44.4 Å². The third-order valence-corrected chi connectivity index (χ3v) is 3.72. The lowest BCUT2D eigenvalue weighted by Gasteiger charge is -2.31. The molecule has 0 aliphatic carbocycles. The minimum atomic E-state index is -0.727. The fourth-order valence-electron chi connectivity index (χ4n) is 2.28. The fraction of sp³-hybridized carbons (Fsp3) is 0.625. The van der Waals surface area contributed by atoms with Crippen molar-refractivity contribution in [2.75, 3.05) is 6.61 Å². The SMILES string of the molecule is CCC(CO)NC(C(C)C)C(O)c1ccc(F)c(C)c1. The largest absolute Gasteiger partial charge is 0.395 e. The Balaban J connectivity index is 2.92. The summed E-state index contributed by atoms with van der Waals surface area (Å²) in [6, 6.07) is 4.45. The van der Waals surface area contributed by atoms with E-state index in [1.54, 1.807) is 19.1 Å². The molecule has 0 aromatic heterocycles. The highest BCUT2D eigenvalue weighted by Crippen LogP contribution is 2.24. The average molecular weight is 283 g/mol. The topological polar surface area (TPSA) is 52.5 Å². The van der Waals surface area contributed by atoms with E-state index in [9.17, 15) is 14.6 Å². The molecule has 3 unspecified atom stereocenters. The van der Waals surface area contributed by atoms with E-state index >= 15 is 0 Å². The Morgan fingerprint density at radius 3 is 2.40 bits per heavy atom. The molecule has 0 heterocycles. The minimum Gasteiger partial charge on any atom is -0.395 e. The number of hydrogen-bond acceptors (Lipinski definition) is 3. The predicted molar refractivity (Wildman–Crippen MR) is 79.0 cm³/mol.